The molecule has 0 aliphatic carbocycles. The molecule has 0 amide bonds. The van der Waals surface area contributed by atoms with Crippen LogP contribution in [-0.2, 0) is 6.54 Å². The lowest BCUT2D eigenvalue weighted by Crippen LogP contribution is -2.22. The highest BCUT2D eigenvalue weighted by Crippen LogP contribution is 2.33. The zero-order valence-corrected chi connectivity index (χ0v) is 13.6. The third kappa shape index (κ3) is 3.06. The van der Waals surface area contributed by atoms with Gasteiger partial charge in [0.05, 0.1) is 6.54 Å². The van der Waals surface area contributed by atoms with Crippen LogP contribution in [0, 0.1) is 0 Å². The van der Waals surface area contributed by atoms with Crippen LogP contribution >= 0.6 is 0 Å². The topological polar surface area (TPSA) is 25.2 Å². The molecule has 110 valence electrons. The molecule has 2 aromatic rings. The summed E-state index contributed by atoms with van der Waals surface area (Å²) in [5.41, 5.74) is 3.75. The Balaban J connectivity index is 2.50. The summed E-state index contributed by atoms with van der Waals surface area (Å²) in [5, 5.41) is 4.75. The minimum absolute atomic E-state index is 0.467. The lowest BCUT2D eigenvalue weighted by Gasteiger charge is -2.10. The van der Waals surface area contributed by atoms with Crippen molar-refractivity contribution in [2.75, 3.05) is 0 Å². The molecule has 1 aromatic carbocycles. The molecule has 0 bridgehead atoms. The van der Waals surface area contributed by atoms with Crippen molar-refractivity contribution in [3.05, 3.63) is 35.1 Å². The van der Waals surface area contributed by atoms with Gasteiger partial charge in [-0.1, -0.05) is 47.6 Å². The van der Waals surface area contributed by atoms with Gasteiger partial charge in [-0.15, -0.1) is 0 Å². The van der Waals surface area contributed by atoms with Crippen molar-refractivity contribution in [1.82, 2.24) is 5.32 Å². The van der Waals surface area contributed by atoms with Crippen molar-refractivity contribution < 1.29 is 4.42 Å². The van der Waals surface area contributed by atoms with Crippen LogP contribution in [-0.4, -0.2) is 6.04 Å². The molecule has 0 fully saturated rings. The SMILES string of the molecule is CC(C)NCc1oc2ccc(C(C)C)cc2c1C(C)C. The molecular weight excluding hydrogens is 246 g/mol. The van der Waals surface area contributed by atoms with Crippen molar-refractivity contribution in [2.24, 2.45) is 0 Å². The van der Waals surface area contributed by atoms with Gasteiger partial charge in [-0.05, 0) is 29.5 Å². The molecule has 0 aliphatic heterocycles. The van der Waals surface area contributed by atoms with E-state index < -0.39 is 0 Å². The van der Waals surface area contributed by atoms with Gasteiger partial charge >= 0.3 is 0 Å². The normalized spacial score (nSPS) is 12.2. The molecule has 0 atom stereocenters. The Morgan fingerprint density at radius 1 is 1.00 bits per heavy atom. The highest BCUT2D eigenvalue weighted by atomic mass is 16.3. The summed E-state index contributed by atoms with van der Waals surface area (Å²) in [7, 11) is 0. The van der Waals surface area contributed by atoms with E-state index in [-0.39, 0.29) is 0 Å². The maximum Gasteiger partial charge on any atom is 0.134 e. The van der Waals surface area contributed by atoms with Crippen LogP contribution in [0.1, 0.15) is 70.3 Å². The van der Waals surface area contributed by atoms with Gasteiger partial charge in [0.1, 0.15) is 11.3 Å². The van der Waals surface area contributed by atoms with Crippen LogP contribution in [0.15, 0.2) is 22.6 Å². The van der Waals surface area contributed by atoms with E-state index in [9.17, 15) is 0 Å². The van der Waals surface area contributed by atoms with Crippen molar-refractivity contribution in [1.29, 1.82) is 0 Å². The molecule has 1 N–H and O–H groups in total. The second-order valence-electron chi connectivity index (χ2n) is 6.54. The van der Waals surface area contributed by atoms with Crippen LogP contribution in [0.2, 0.25) is 0 Å². The minimum Gasteiger partial charge on any atom is -0.459 e. The van der Waals surface area contributed by atoms with E-state index in [1.54, 1.807) is 0 Å². The van der Waals surface area contributed by atoms with Crippen LogP contribution in [0.4, 0.5) is 0 Å². The Kier molecular flexibility index (Phi) is 4.54. The van der Waals surface area contributed by atoms with Gasteiger partial charge in [0.15, 0.2) is 0 Å². The van der Waals surface area contributed by atoms with Crippen molar-refractivity contribution in [2.45, 2.75) is 66.0 Å². The Labute approximate surface area is 122 Å². The fraction of sp³-hybridized carbons (Fsp3) is 0.556. The number of furan rings is 1. The van der Waals surface area contributed by atoms with Gasteiger partial charge < -0.3 is 9.73 Å². The largest absolute Gasteiger partial charge is 0.459 e. The minimum atomic E-state index is 0.467. The predicted octanol–water partition coefficient (Wildman–Crippen LogP) is 5.18. The number of nitrogens with one attached hydrogen (secondary N) is 1. The molecule has 0 unspecified atom stereocenters. The quantitative estimate of drug-likeness (QED) is 0.812. The molecule has 1 heterocycles. The van der Waals surface area contributed by atoms with E-state index in [0.717, 1.165) is 17.9 Å². The standard InChI is InChI=1S/C18H27NO/c1-11(2)14-7-8-16-15(9-14)18(12(3)4)17(20-16)10-19-13(5)6/h7-9,11-13,19H,10H2,1-6H3. The average Bonchev–Trinajstić information content (AvgIpc) is 2.73. The summed E-state index contributed by atoms with van der Waals surface area (Å²) >= 11 is 0. The zero-order chi connectivity index (χ0) is 14.9. The number of hydrogen-bond acceptors (Lipinski definition) is 2. The molecule has 2 heteroatoms. The maximum absolute atomic E-state index is 6.08. The summed E-state index contributed by atoms with van der Waals surface area (Å²) in [6, 6.07) is 7.07. The lowest BCUT2D eigenvalue weighted by molar-refractivity contribution is 0.480. The van der Waals surface area contributed by atoms with Gasteiger partial charge in [-0.2, -0.15) is 0 Å². The van der Waals surface area contributed by atoms with Gasteiger partial charge in [0.2, 0.25) is 0 Å². The molecule has 0 spiro atoms. The summed E-state index contributed by atoms with van der Waals surface area (Å²) in [5.74, 6) is 2.11. The second-order valence-corrected chi connectivity index (χ2v) is 6.54. The second kappa shape index (κ2) is 6.01. The van der Waals surface area contributed by atoms with Crippen molar-refractivity contribution in [3.63, 3.8) is 0 Å². The van der Waals surface area contributed by atoms with E-state index in [0.29, 0.717) is 17.9 Å². The monoisotopic (exact) mass is 273 g/mol. The summed E-state index contributed by atoms with van der Waals surface area (Å²) < 4.78 is 6.08. The zero-order valence-electron chi connectivity index (χ0n) is 13.6. The number of benzene rings is 1. The first-order valence-electron chi connectivity index (χ1n) is 7.68. The molecule has 0 radical (unpaired) electrons. The Morgan fingerprint density at radius 3 is 2.25 bits per heavy atom. The van der Waals surface area contributed by atoms with E-state index in [1.807, 2.05) is 0 Å². The Hall–Kier alpha value is -1.28. The van der Waals surface area contributed by atoms with Crippen LogP contribution < -0.4 is 5.32 Å². The lowest BCUT2D eigenvalue weighted by atomic mass is 9.95. The third-order valence-electron chi connectivity index (χ3n) is 3.74. The number of rotatable bonds is 5. The highest BCUT2D eigenvalue weighted by Gasteiger charge is 2.17. The van der Waals surface area contributed by atoms with Crippen LogP contribution in [0.3, 0.4) is 0 Å². The van der Waals surface area contributed by atoms with Crippen molar-refractivity contribution in [3.8, 4) is 0 Å². The first-order valence-corrected chi connectivity index (χ1v) is 7.68. The van der Waals surface area contributed by atoms with E-state index in [1.165, 1.54) is 16.5 Å². The summed E-state index contributed by atoms with van der Waals surface area (Å²) in [6.07, 6.45) is 0. The van der Waals surface area contributed by atoms with Gasteiger partial charge in [-0.3, -0.25) is 0 Å². The van der Waals surface area contributed by atoms with Crippen molar-refractivity contribution >= 4 is 11.0 Å². The smallest absolute Gasteiger partial charge is 0.134 e. The fourth-order valence-corrected chi connectivity index (χ4v) is 2.61. The van der Waals surface area contributed by atoms with Crippen LogP contribution in [0.5, 0.6) is 0 Å². The Bertz CT molecular complexity index is 578. The fourth-order valence-electron chi connectivity index (χ4n) is 2.61. The van der Waals surface area contributed by atoms with Gasteiger partial charge in [-0.25, -0.2) is 0 Å². The highest BCUT2D eigenvalue weighted by molar-refractivity contribution is 5.83. The molecule has 2 nitrogen and oxygen atoms in total. The summed E-state index contributed by atoms with van der Waals surface area (Å²) in [4.78, 5) is 0. The number of fused-ring (bicyclic) bond motifs is 1. The van der Waals surface area contributed by atoms with E-state index in [2.05, 4.69) is 65.1 Å². The molecule has 2 rings (SSSR count). The molecule has 0 saturated carbocycles. The van der Waals surface area contributed by atoms with E-state index in [4.69, 9.17) is 4.42 Å². The molecule has 20 heavy (non-hydrogen) atoms. The Morgan fingerprint density at radius 2 is 1.70 bits per heavy atom. The maximum atomic E-state index is 6.08. The van der Waals surface area contributed by atoms with Gasteiger partial charge in [0, 0.05) is 17.0 Å². The van der Waals surface area contributed by atoms with E-state index >= 15 is 0 Å². The number of hydrogen-bond donors (Lipinski definition) is 1. The molecular formula is C18H27NO. The summed E-state index contributed by atoms with van der Waals surface area (Å²) in [6.45, 7) is 14.1. The average molecular weight is 273 g/mol. The predicted molar refractivity (Wildman–Crippen MR) is 86.4 cm³/mol. The first kappa shape index (κ1) is 15.1. The molecule has 1 aromatic heterocycles. The first-order chi connectivity index (χ1) is 9.40. The third-order valence-corrected chi connectivity index (χ3v) is 3.74. The van der Waals surface area contributed by atoms with Crippen LogP contribution in [0.25, 0.3) is 11.0 Å². The van der Waals surface area contributed by atoms with Gasteiger partial charge in [0.25, 0.3) is 0 Å². The molecule has 0 aliphatic rings. The molecule has 0 saturated heterocycles.